The SMILES string of the molecule is CCNC(=NCC(C)(C)C(N)=O)N(C)Cc1ccc(F)cc1.I. The van der Waals surface area contributed by atoms with Crippen LogP contribution >= 0.6 is 24.0 Å². The van der Waals surface area contributed by atoms with E-state index in [-0.39, 0.29) is 35.7 Å². The monoisotopic (exact) mass is 436 g/mol. The van der Waals surface area contributed by atoms with Gasteiger partial charge in [0.2, 0.25) is 5.91 Å². The van der Waals surface area contributed by atoms with Crippen molar-refractivity contribution >= 4 is 35.8 Å². The molecule has 0 saturated carbocycles. The predicted molar refractivity (Wildman–Crippen MR) is 102 cm³/mol. The standard InChI is InChI=1S/C16H25FN4O.HI/c1-5-19-15(20-11-16(2,3)14(18)22)21(4)10-12-6-8-13(17)9-7-12;/h6-9H,5,10-11H2,1-4H3,(H2,18,22)(H,19,20);1H. The summed E-state index contributed by atoms with van der Waals surface area (Å²) in [5.41, 5.74) is 5.65. The summed E-state index contributed by atoms with van der Waals surface area (Å²) in [6.45, 7) is 7.11. The highest BCUT2D eigenvalue weighted by Crippen LogP contribution is 2.14. The van der Waals surface area contributed by atoms with Crippen LogP contribution in [0.4, 0.5) is 4.39 Å². The van der Waals surface area contributed by atoms with Gasteiger partial charge in [0.05, 0.1) is 12.0 Å². The number of nitrogens with two attached hydrogens (primary N) is 1. The van der Waals surface area contributed by atoms with E-state index in [2.05, 4.69) is 10.3 Å². The van der Waals surface area contributed by atoms with Crippen molar-refractivity contribution in [2.45, 2.75) is 27.3 Å². The summed E-state index contributed by atoms with van der Waals surface area (Å²) < 4.78 is 12.9. The molecule has 0 radical (unpaired) electrons. The van der Waals surface area contributed by atoms with Crippen LogP contribution in [0, 0.1) is 11.2 Å². The number of benzene rings is 1. The number of rotatable bonds is 6. The number of halogens is 2. The Labute approximate surface area is 154 Å². The molecule has 0 unspecified atom stereocenters. The van der Waals surface area contributed by atoms with Crippen LogP contribution in [0.3, 0.4) is 0 Å². The average Bonchev–Trinajstić information content (AvgIpc) is 2.45. The first-order chi connectivity index (χ1) is 10.3. The van der Waals surface area contributed by atoms with E-state index in [0.717, 1.165) is 5.56 Å². The Morgan fingerprint density at radius 2 is 1.91 bits per heavy atom. The lowest BCUT2D eigenvalue weighted by Crippen LogP contribution is -2.40. The Morgan fingerprint density at radius 3 is 2.39 bits per heavy atom. The van der Waals surface area contributed by atoms with Crippen molar-refractivity contribution in [3.63, 3.8) is 0 Å². The quantitative estimate of drug-likeness (QED) is 0.409. The smallest absolute Gasteiger partial charge is 0.224 e. The van der Waals surface area contributed by atoms with Crippen molar-refractivity contribution in [2.24, 2.45) is 16.1 Å². The molecule has 1 amide bonds. The number of carbonyl (C=O) groups excluding carboxylic acids is 1. The Hall–Kier alpha value is -1.38. The van der Waals surface area contributed by atoms with Gasteiger partial charge in [-0.25, -0.2) is 4.39 Å². The fraction of sp³-hybridized carbons (Fsp3) is 0.500. The van der Waals surface area contributed by atoms with E-state index >= 15 is 0 Å². The van der Waals surface area contributed by atoms with Crippen molar-refractivity contribution in [1.82, 2.24) is 10.2 Å². The Morgan fingerprint density at radius 1 is 1.35 bits per heavy atom. The molecule has 0 atom stereocenters. The van der Waals surface area contributed by atoms with Crippen molar-refractivity contribution in [2.75, 3.05) is 20.1 Å². The third-order valence-corrected chi connectivity index (χ3v) is 3.32. The van der Waals surface area contributed by atoms with Gasteiger partial charge in [-0.1, -0.05) is 12.1 Å². The topological polar surface area (TPSA) is 70.7 Å². The second kappa shape index (κ2) is 9.69. The van der Waals surface area contributed by atoms with Crippen LogP contribution in [0.1, 0.15) is 26.3 Å². The molecular weight excluding hydrogens is 410 g/mol. The zero-order chi connectivity index (χ0) is 16.8. The Balaban J connectivity index is 0.00000484. The van der Waals surface area contributed by atoms with Gasteiger partial charge in [0, 0.05) is 20.1 Å². The van der Waals surface area contributed by atoms with E-state index in [1.165, 1.54) is 12.1 Å². The van der Waals surface area contributed by atoms with Gasteiger partial charge in [-0.15, -0.1) is 24.0 Å². The number of carbonyl (C=O) groups is 1. The summed E-state index contributed by atoms with van der Waals surface area (Å²) in [5, 5.41) is 3.18. The molecule has 0 saturated heterocycles. The molecule has 3 N–H and O–H groups in total. The highest BCUT2D eigenvalue weighted by molar-refractivity contribution is 14.0. The predicted octanol–water partition coefficient (Wildman–Crippen LogP) is 2.35. The van der Waals surface area contributed by atoms with E-state index in [0.29, 0.717) is 25.6 Å². The minimum Gasteiger partial charge on any atom is -0.369 e. The number of aliphatic imine (C=N–C) groups is 1. The molecule has 0 aromatic heterocycles. The lowest BCUT2D eigenvalue weighted by molar-refractivity contribution is -0.125. The number of primary amides is 1. The number of hydrogen-bond donors (Lipinski definition) is 2. The van der Waals surface area contributed by atoms with Crippen LogP contribution in [0.2, 0.25) is 0 Å². The summed E-state index contributed by atoms with van der Waals surface area (Å²) in [4.78, 5) is 17.8. The normalized spacial score (nSPS) is 11.6. The van der Waals surface area contributed by atoms with Gasteiger partial charge in [0.1, 0.15) is 5.82 Å². The lowest BCUT2D eigenvalue weighted by Gasteiger charge is -2.24. The fourth-order valence-corrected chi connectivity index (χ4v) is 1.76. The van der Waals surface area contributed by atoms with E-state index < -0.39 is 5.41 Å². The van der Waals surface area contributed by atoms with Gasteiger partial charge < -0.3 is 16.0 Å². The van der Waals surface area contributed by atoms with Crippen LogP contribution in [0.5, 0.6) is 0 Å². The molecule has 1 aromatic rings. The van der Waals surface area contributed by atoms with Gasteiger partial charge in [0.15, 0.2) is 5.96 Å². The Bertz CT molecular complexity index is 531. The van der Waals surface area contributed by atoms with Gasteiger partial charge >= 0.3 is 0 Å². The maximum Gasteiger partial charge on any atom is 0.224 e. The molecule has 1 aromatic carbocycles. The second-order valence-corrected chi connectivity index (χ2v) is 5.90. The summed E-state index contributed by atoms with van der Waals surface area (Å²) in [6.07, 6.45) is 0. The fourth-order valence-electron chi connectivity index (χ4n) is 1.76. The van der Waals surface area contributed by atoms with Crippen LogP contribution in [0.15, 0.2) is 29.3 Å². The largest absolute Gasteiger partial charge is 0.369 e. The summed E-state index contributed by atoms with van der Waals surface area (Å²) in [7, 11) is 1.89. The van der Waals surface area contributed by atoms with Crippen LogP contribution in [-0.4, -0.2) is 36.9 Å². The minimum atomic E-state index is -0.697. The maximum absolute atomic E-state index is 12.9. The van der Waals surface area contributed by atoms with Crippen LogP contribution < -0.4 is 11.1 Å². The van der Waals surface area contributed by atoms with E-state index in [1.807, 2.05) is 18.9 Å². The van der Waals surface area contributed by atoms with Gasteiger partial charge in [0.25, 0.3) is 0 Å². The molecule has 5 nitrogen and oxygen atoms in total. The van der Waals surface area contributed by atoms with E-state index in [1.54, 1.807) is 26.0 Å². The van der Waals surface area contributed by atoms with Crippen molar-refractivity contribution in [3.05, 3.63) is 35.6 Å². The zero-order valence-corrected chi connectivity index (χ0v) is 16.4. The molecule has 0 bridgehead atoms. The maximum atomic E-state index is 12.9. The van der Waals surface area contributed by atoms with Gasteiger partial charge in [-0.2, -0.15) is 0 Å². The Kier molecular flexibility index (Phi) is 9.11. The van der Waals surface area contributed by atoms with Crippen molar-refractivity contribution in [3.8, 4) is 0 Å². The molecule has 0 aliphatic rings. The molecule has 1 rings (SSSR count). The highest BCUT2D eigenvalue weighted by Gasteiger charge is 2.24. The number of hydrogen-bond acceptors (Lipinski definition) is 2. The summed E-state index contributed by atoms with van der Waals surface area (Å²) in [6, 6.07) is 6.35. The third-order valence-electron chi connectivity index (χ3n) is 3.32. The zero-order valence-electron chi connectivity index (χ0n) is 14.1. The first-order valence-electron chi connectivity index (χ1n) is 7.30. The van der Waals surface area contributed by atoms with Crippen molar-refractivity contribution < 1.29 is 9.18 Å². The molecule has 7 heteroatoms. The van der Waals surface area contributed by atoms with Crippen LogP contribution in [0.25, 0.3) is 0 Å². The molecule has 0 spiro atoms. The molecule has 23 heavy (non-hydrogen) atoms. The first kappa shape index (κ1) is 21.6. The van der Waals surface area contributed by atoms with Crippen LogP contribution in [-0.2, 0) is 11.3 Å². The summed E-state index contributed by atoms with van der Waals surface area (Å²) >= 11 is 0. The van der Waals surface area contributed by atoms with Crippen molar-refractivity contribution in [1.29, 1.82) is 0 Å². The minimum absolute atomic E-state index is 0. The molecular formula is C16H26FIN4O. The van der Waals surface area contributed by atoms with Gasteiger partial charge in [-0.05, 0) is 38.5 Å². The molecule has 0 heterocycles. The first-order valence-corrected chi connectivity index (χ1v) is 7.30. The molecule has 0 aliphatic heterocycles. The van der Waals surface area contributed by atoms with E-state index in [9.17, 15) is 9.18 Å². The lowest BCUT2D eigenvalue weighted by atomic mass is 9.93. The van der Waals surface area contributed by atoms with E-state index in [4.69, 9.17) is 5.73 Å². The number of guanidine groups is 1. The number of amides is 1. The second-order valence-electron chi connectivity index (χ2n) is 5.90. The molecule has 130 valence electrons. The molecule has 0 aliphatic carbocycles. The molecule has 0 fully saturated rings. The average molecular weight is 436 g/mol. The summed E-state index contributed by atoms with van der Waals surface area (Å²) in [5.74, 6) is 0.0459. The van der Waals surface area contributed by atoms with Gasteiger partial charge in [-0.3, -0.25) is 9.79 Å². The highest BCUT2D eigenvalue weighted by atomic mass is 127. The number of nitrogens with one attached hydrogen (secondary N) is 1. The number of nitrogens with zero attached hydrogens (tertiary/aromatic N) is 2. The third kappa shape index (κ3) is 7.15.